The van der Waals surface area contributed by atoms with E-state index in [-0.39, 0.29) is 5.54 Å². The SMILES string of the molecule is CCCC(C)(CC)C(C)CCC(C)C(C)C(C)NC(CC)(CC)C(C)(C)CCC. The molecule has 0 aromatic carbocycles. The maximum atomic E-state index is 4.18. The topological polar surface area (TPSA) is 12.0 Å². The van der Waals surface area contributed by atoms with E-state index in [1.165, 1.54) is 57.8 Å². The van der Waals surface area contributed by atoms with E-state index >= 15 is 0 Å². The summed E-state index contributed by atoms with van der Waals surface area (Å²) < 4.78 is 0. The van der Waals surface area contributed by atoms with Crippen molar-refractivity contribution in [1.82, 2.24) is 5.32 Å². The minimum atomic E-state index is 0.242. The molecule has 0 saturated heterocycles. The van der Waals surface area contributed by atoms with Gasteiger partial charge in [-0.25, -0.2) is 0 Å². The molecule has 0 spiro atoms. The summed E-state index contributed by atoms with van der Waals surface area (Å²) in [5.74, 6) is 2.29. The average molecular weight is 410 g/mol. The lowest BCUT2D eigenvalue weighted by Gasteiger charge is -2.50. The molecular weight excluding hydrogens is 350 g/mol. The molecule has 0 fully saturated rings. The molecule has 1 heteroatoms. The van der Waals surface area contributed by atoms with Crippen LogP contribution in [0.5, 0.6) is 0 Å². The van der Waals surface area contributed by atoms with Gasteiger partial charge in [-0.3, -0.25) is 0 Å². The predicted molar refractivity (Wildman–Crippen MR) is 135 cm³/mol. The van der Waals surface area contributed by atoms with Crippen molar-refractivity contribution >= 4 is 0 Å². The van der Waals surface area contributed by atoms with Crippen molar-refractivity contribution < 1.29 is 0 Å². The number of hydrogen-bond acceptors (Lipinski definition) is 1. The van der Waals surface area contributed by atoms with Crippen molar-refractivity contribution in [2.24, 2.45) is 28.6 Å². The van der Waals surface area contributed by atoms with E-state index in [0.29, 0.717) is 22.8 Å². The lowest BCUT2D eigenvalue weighted by atomic mass is 9.65. The molecule has 1 N–H and O–H groups in total. The van der Waals surface area contributed by atoms with Crippen molar-refractivity contribution in [2.75, 3.05) is 0 Å². The fourth-order valence-electron chi connectivity index (χ4n) is 6.00. The van der Waals surface area contributed by atoms with Crippen LogP contribution < -0.4 is 5.32 Å². The van der Waals surface area contributed by atoms with Crippen molar-refractivity contribution in [3.63, 3.8) is 0 Å². The average Bonchev–Trinajstić information content (AvgIpc) is 2.68. The van der Waals surface area contributed by atoms with Crippen LogP contribution in [0.3, 0.4) is 0 Å². The Kier molecular flexibility index (Phi) is 12.7. The number of nitrogens with one attached hydrogen (secondary N) is 1. The molecule has 176 valence electrons. The molecule has 0 bridgehead atoms. The molecule has 0 aliphatic rings. The van der Waals surface area contributed by atoms with E-state index < -0.39 is 0 Å². The van der Waals surface area contributed by atoms with Crippen LogP contribution in [-0.2, 0) is 0 Å². The van der Waals surface area contributed by atoms with Gasteiger partial charge in [0.05, 0.1) is 0 Å². The fourth-order valence-corrected chi connectivity index (χ4v) is 6.00. The van der Waals surface area contributed by atoms with Crippen molar-refractivity contribution in [2.45, 2.75) is 152 Å². The highest BCUT2D eigenvalue weighted by Crippen LogP contribution is 2.42. The molecule has 29 heavy (non-hydrogen) atoms. The predicted octanol–water partition coefficient (Wildman–Crippen LogP) is 9.25. The molecule has 0 aliphatic heterocycles. The van der Waals surface area contributed by atoms with Crippen LogP contribution in [0.25, 0.3) is 0 Å². The van der Waals surface area contributed by atoms with Gasteiger partial charge < -0.3 is 5.32 Å². The fraction of sp³-hybridized carbons (Fsp3) is 1.00. The first-order valence-electron chi connectivity index (χ1n) is 13.2. The van der Waals surface area contributed by atoms with Crippen LogP contribution in [0.15, 0.2) is 0 Å². The molecule has 0 rings (SSSR count). The van der Waals surface area contributed by atoms with Gasteiger partial charge in [0.25, 0.3) is 0 Å². The third kappa shape index (κ3) is 7.55. The van der Waals surface area contributed by atoms with E-state index in [9.17, 15) is 0 Å². The Morgan fingerprint density at radius 3 is 1.62 bits per heavy atom. The highest BCUT2D eigenvalue weighted by atomic mass is 15.0. The van der Waals surface area contributed by atoms with E-state index in [1.807, 2.05) is 0 Å². The smallest absolute Gasteiger partial charge is 0.0229 e. The third-order valence-electron chi connectivity index (χ3n) is 9.44. The number of hydrogen-bond donors (Lipinski definition) is 1. The first-order chi connectivity index (χ1) is 13.4. The number of rotatable bonds is 16. The van der Waals surface area contributed by atoms with Crippen LogP contribution >= 0.6 is 0 Å². The molecule has 5 unspecified atom stereocenters. The molecule has 0 aromatic rings. The largest absolute Gasteiger partial charge is 0.308 e. The summed E-state index contributed by atoms with van der Waals surface area (Å²) in [5, 5.41) is 4.18. The highest BCUT2D eigenvalue weighted by Gasteiger charge is 2.42. The van der Waals surface area contributed by atoms with Gasteiger partial charge in [-0.15, -0.1) is 0 Å². The van der Waals surface area contributed by atoms with Crippen molar-refractivity contribution in [1.29, 1.82) is 0 Å². The van der Waals surface area contributed by atoms with Crippen LogP contribution in [0.4, 0.5) is 0 Å². The third-order valence-corrected chi connectivity index (χ3v) is 9.44. The van der Waals surface area contributed by atoms with Gasteiger partial charge in [0, 0.05) is 11.6 Å². The molecule has 5 atom stereocenters. The normalized spacial score (nSPS) is 19.4. The van der Waals surface area contributed by atoms with Crippen LogP contribution in [-0.4, -0.2) is 11.6 Å². The second-order valence-electron chi connectivity index (χ2n) is 11.4. The quantitative estimate of drug-likeness (QED) is 0.268. The molecule has 0 aliphatic carbocycles. The summed E-state index contributed by atoms with van der Waals surface area (Å²) in [4.78, 5) is 0. The summed E-state index contributed by atoms with van der Waals surface area (Å²) in [6.07, 6.45) is 11.7. The molecule has 1 nitrogen and oxygen atoms in total. The standard InChI is InChI=1S/C28H59N/c1-13-20-26(10,11)28(16-4,17-5)29-25(9)24(8)22(6)18-19-23(7)27(12,15-3)21-14-2/h22-25,29H,13-21H2,1-12H3. The van der Waals surface area contributed by atoms with Gasteiger partial charge >= 0.3 is 0 Å². The Morgan fingerprint density at radius 1 is 0.690 bits per heavy atom. The second kappa shape index (κ2) is 12.7. The zero-order valence-corrected chi connectivity index (χ0v) is 22.7. The van der Waals surface area contributed by atoms with Crippen LogP contribution in [0.2, 0.25) is 0 Å². The van der Waals surface area contributed by atoms with Gasteiger partial charge in [-0.1, -0.05) is 102 Å². The highest BCUT2D eigenvalue weighted by molar-refractivity contribution is 5.00. The summed E-state index contributed by atoms with van der Waals surface area (Å²) >= 11 is 0. The van der Waals surface area contributed by atoms with Gasteiger partial charge in [0.2, 0.25) is 0 Å². The maximum Gasteiger partial charge on any atom is 0.0229 e. The molecule has 0 saturated carbocycles. The van der Waals surface area contributed by atoms with Crippen LogP contribution in [0, 0.1) is 28.6 Å². The van der Waals surface area contributed by atoms with E-state index in [4.69, 9.17) is 0 Å². The Bertz CT molecular complexity index is 422. The second-order valence-corrected chi connectivity index (χ2v) is 11.4. The van der Waals surface area contributed by atoms with Crippen molar-refractivity contribution in [3.8, 4) is 0 Å². The Labute approximate surface area is 186 Å². The maximum absolute atomic E-state index is 4.18. The molecule has 0 heterocycles. The summed E-state index contributed by atoms with van der Waals surface area (Å²) in [5.41, 5.74) is 1.09. The Morgan fingerprint density at radius 2 is 1.21 bits per heavy atom. The van der Waals surface area contributed by atoms with E-state index in [0.717, 1.165) is 11.8 Å². The van der Waals surface area contributed by atoms with Gasteiger partial charge in [-0.05, 0) is 67.6 Å². The summed E-state index contributed by atoms with van der Waals surface area (Å²) in [6.45, 7) is 29.2. The lowest BCUT2D eigenvalue weighted by molar-refractivity contribution is 0.0675. The minimum absolute atomic E-state index is 0.242. The molecule has 0 amide bonds. The minimum Gasteiger partial charge on any atom is -0.308 e. The first-order valence-corrected chi connectivity index (χ1v) is 13.2. The zero-order chi connectivity index (χ0) is 22.9. The van der Waals surface area contributed by atoms with Crippen molar-refractivity contribution in [3.05, 3.63) is 0 Å². The van der Waals surface area contributed by atoms with E-state index in [1.54, 1.807) is 0 Å². The molecular formula is C28H59N. The summed E-state index contributed by atoms with van der Waals surface area (Å²) in [6, 6.07) is 0.560. The summed E-state index contributed by atoms with van der Waals surface area (Å²) in [7, 11) is 0. The zero-order valence-electron chi connectivity index (χ0n) is 22.7. The van der Waals surface area contributed by atoms with E-state index in [2.05, 4.69) is 88.4 Å². The van der Waals surface area contributed by atoms with Crippen LogP contribution in [0.1, 0.15) is 141 Å². The van der Waals surface area contributed by atoms with Gasteiger partial charge in [-0.2, -0.15) is 0 Å². The van der Waals surface area contributed by atoms with Gasteiger partial charge in [0.15, 0.2) is 0 Å². The van der Waals surface area contributed by atoms with Gasteiger partial charge in [0.1, 0.15) is 0 Å². The molecule has 0 aromatic heterocycles. The first kappa shape index (κ1) is 29.0. The molecule has 0 radical (unpaired) electrons. The Balaban J connectivity index is 5.06. The Hall–Kier alpha value is -0.0400. The lowest BCUT2D eigenvalue weighted by Crippen LogP contribution is -2.59. The monoisotopic (exact) mass is 409 g/mol.